The molecule has 1 aromatic rings. The van der Waals surface area contributed by atoms with Gasteiger partial charge in [-0.15, -0.1) is 0 Å². The zero-order chi connectivity index (χ0) is 14.7. The molecule has 0 amide bonds. The lowest BCUT2D eigenvalue weighted by molar-refractivity contribution is 0.570. The van der Waals surface area contributed by atoms with Crippen LogP contribution < -0.4 is 10.6 Å². The molecule has 0 saturated heterocycles. The first kappa shape index (κ1) is 15.8. The molecule has 1 unspecified atom stereocenters. The highest BCUT2D eigenvalue weighted by atomic mass is 79.9. The van der Waals surface area contributed by atoms with E-state index >= 15 is 0 Å². The van der Waals surface area contributed by atoms with E-state index in [9.17, 15) is 0 Å². The van der Waals surface area contributed by atoms with Crippen molar-refractivity contribution in [2.24, 2.45) is 11.7 Å². The molecule has 0 bridgehead atoms. The number of benzene rings is 1. The fourth-order valence-electron chi connectivity index (χ4n) is 2.53. The van der Waals surface area contributed by atoms with Crippen LogP contribution in [0, 0.1) is 5.92 Å². The van der Waals surface area contributed by atoms with Crippen molar-refractivity contribution in [3.8, 4) is 0 Å². The second kappa shape index (κ2) is 6.95. The Balaban J connectivity index is 2.10. The molecular weight excluding hydrogens is 312 g/mol. The van der Waals surface area contributed by atoms with Crippen LogP contribution in [0.5, 0.6) is 0 Å². The minimum atomic E-state index is 0.206. The summed E-state index contributed by atoms with van der Waals surface area (Å²) < 4.78 is 1.20. The Labute approximate surface area is 131 Å². The number of hydrogen-bond donors (Lipinski definition) is 1. The smallest absolute Gasteiger partial charge is 0.0380 e. The SMILES string of the molecule is CC(C)CCN(c1ccc(CC(C)N)c(Br)c1)C1CC1. The standard InChI is InChI=1S/C17H27BrN2/c1-12(2)8-9-20(15-6-7-15)16-5-4-14(10-13(3)19)17(18)11-16/h4-5,11-13,15H,6-10,19H2,1-3H3. The van der Waals surface area contributed by atoms with Gasteiger partial charge in [0.15, 0.2) is 0 Å². The summed E-state index contributed by atoms with van der Waals surface area (Å²) in [5.41, 5.74) is 8.56. The maximum atomic E-state index is 5.90. The van der Waals surface area contributed by atoms with Crippen LogP contribution in [0.1, 0.15) is 45.6 Å². The van der Waals surface area contributed by atoms with E-state index in [2.05, 4.69) is 59.8 Å². The summed E-state index contributed by atoms with van der Waals surface area (Å²) in [6, 6.07) is 7.74. The van der Waals surface area contributed by atoms with Crippen LogP contribution >= 0.6 is 15.9 Å². The van der Waals surface area contributed by atoms with E-state index in [1.54, 1.807) is 0 Å². The first-order valence-electron chi connectivity index (χ1n) is 7.78. The zero-order valence-corrected chi connectivity index (χ0v) is 14.5. The molecule has 2 rings (SSSR count). The van der Waals surface area contributed by atoms with Gasteiger partial charge in [-0.1, -0.05) is 35.8 Å². The van der Waals surface area contributed by atoms with Gasteiger partial charge in [-0.3, -0.25) is 0 Å². The van der Waals surface area contributed by atoms with Crippen LogP contribution in [-0.4, -0.2) is 18.6 Å². The molecule has 2 N–H and O–H groups in total. The van der Waals surface area contributed by atoms with E-state index in [1.165, 1.54) is 41.5 Å². The largest absolute Gasteiger partial charge is 0.369 e. The molecule has 2 nitrogen and oxygen atoms in total. The van der Waals surface area contributed by atoms with Crippen LogP contribution in [0.25, 0.3) is 0 Å². The molecule has 1 aliphatic rings. The van der Waals surface area contributed by atoms with Crippen LogP contribution in [0.2, 0.25) is 0 Å². The van der Waals surface area contributed by atoms with Crippen LogP contribution in [0.3, 0.4) is 0 Å². The number of hydrogen-bond acceptors (Lipinski definition) is 2. The minimum absolute atomic E-state index is 0.206. The summed E-state index contributed by atoms with van der Waals surface area (Å²) in [7, 11) is 0. The van der Waals surface area contributed by atoms with Crippen molar-refractivity contribution in [3.63, 3.8) is 0 Å². The lowest BCUT2D eigenvalue weighted by Crippen LogP contribution is -2.27. The van der Waals surface area contributed by atoms with E-state index in [4.69, 9.17) is 5.73 Å². The Hall–Kier alpha value is -0.540. The van der Waals surface area contributed by atoms with Gasteiger partial charge in [-0.2, -0.15) is 0 Å². The van der Waals surface area contributed by atoms with Gasteiger partial charge in [-0.25, -0.2) is 0 Å². The molecule has 0 aromatic heterocycles. The number of nitrogens with zero attached hydrogens (tertiary/aromatic N) is 1. The first-order chi connectivity index (χ1) is 9.47. The summed E-state index contributed by atoms with van der Waals surface area (Å²) >= 11 is 3.71. The number of nitrogens with two attached hydrogens (primary N) is 1. The van der Waals surface area contributed by atoms with Crippen molar-refractivity contribution in [1.82, 2.24) is 0 Å². The molecule has 0 aliphatic heterocycles. The van der Waals surface area contributed by atoms with Gasteiger partial charge in [-0.05, 0) is 56.2 Å². The molecule has 1 aromatic carbocycles. The molecule has 1 fully saturated rings. The van der Waals surface area contributed by atoms with Gasteiger partial charge < -0.3 is 10.6 Å². The zero-order valence-electron chi connectivity index (χ0n) is 12.9. The van der Waals surface area contributed by atoms with E-state index in [-0.39, 0.29) is 6.04 Å². The van der Waals surface area contributed by atoms with Crippen molar-refractivity contribution in [2.45, 2.75) is 58.5 Å². The maximum Gasteiger partial charge on any atom is 0.0380 e. The van der Waals surface area contributed by atoms with Crippen LogP contribution in [0.15, 0.2) is 22.7 Å². The molecule has 0 spiro atoms. The van der Waals surface area contributed by atoms with Gasteiger partial charge in [0.05, 0.1) is 0 Å². The topological polar surface area (TPSA) is 29.3 Å². The molecule has 0 radical (unpaired) electrons. The minimum Gasteiger partial charge on any atom is -0.369 e. The average Bonchev–Trinajstić information content (AvgIpc) is 3.16. The molecule has 3 heteroatoms. The van der Waals surface area contributed by atoms with E-state index in [0.717, 1.165) is 18.4 Å². The van der Waals surface area contributed by atoms with Crippen molar-refractivity contribution in [2.75, 3.05) is 11.4 Å². The van der Waals surface area contributed by atoms with Crippen molar-refractivity contribution >= 4 is 21.6 Å². The molecular formula is C17H27BrN2. The molecule has 1 aliphatic carbocycles. The summed E-state index contributed by atoms with van der Waals surface area (Å²) in [4.78, 5) is 2.58. The Kier molecular flexibility index (Phi) is 5.50. The van der Waals surface area contributed by atoms with Gasteiger partial charge in [0, 0.05) is 28.8 Å². The third kappa shape index (κ3) is 4.49. The van der Waals surface area contributed by atoms with Crippen LogP contribution in [-0.2, 0) is 6.42 Å². The predicted molar refractivity (Wildman–Crippen MR) is 91.3 cm³/mol. The van der Waals surface area contributed by atoms with E-state index < -0.39 is 0 Å². The molecule has 1 atom stereocenters. The number of rotatable bonds is 7. The summed E-state index contributed by atoms with van der Waals surface area (Å²) in [5, 5.41) is 0. The van der Waals surface area contributed by atoms with Gasteiger partial charge in [0.1, 0.15) is 0 Å². The van der Waals surface area contributed by atoms with Gasteiger partial charge in [0.25, 0.3) is 0 Å². The normalized spacial score (nSPS) is 16.5. The lowest BCUT2D eigenvalue weighted by Gasteiger charge is -2.26. The number of halogens is 1. The second-order valence-electron chi connectivity index (χ2n) is 6.56. The maximum absolute atomic E-state index is 5.90. The Morgan fingerprint density at radius 2 is 2.00 bits per heavy atom. The molecule has 1 saturated carbocycles. The quantitative estimate of drug-likeness (QED) is 0.800. The summed E-state index contributed by atoms with van der Waals surface area (Å²) in [6.45, 7) is 7.82. The highest BCUT2D eigenvalue weighted by Gasteiger charge is 2.29. The molecule has 112 valence electrons. The van der Waals surface area contributed by atoms with Crippen molar-refractivity contribution in [1.29, 1.82) is 0 Å². The Bertz CT molecular complexity index is 439. The van der Waals surface area contributed by atoms with Gasteiger partial charge >= 0.3 is 0 Å². The number of anilines is 1. The third-order valence-electron chi connectivity index (χ3n) is 3.85. The monoisotopic (exact) mass is 338 g/mol. The highest BCUT2D eigenvalue weighted by molar-refractivity contribution is 9.10. The first-order valence-corrected chi connectivity index (χ1v) is 8.57. The fraction of sp³-hybridized carbons (Fsp3) is 0.647. The third-order valence-corrected chi connectivity index (χ3v) is 4.58. The second-order valence-corrected chi connectivity index (χ2v) is 7.42. The molecule has 20 heavy (non-hydrogen) atoms. The summed E-state index contributed by atoms with van der Waals surface area (Å²) in [5.74, 6) is 0.761. The highest BCUT2D eigenvalue weighted by Crippen LogP contribution is 2.34. The van der Waals surface area contributed by atoms with Crippen LogP contribution in [0.4, 0.5) is 5.69 Å². The summed E-state index contributed by atoms with van der Waals surface area (Å²) in [6.07, 6.45) is 4.88. The lowest BCUT2D eigenvalue weighted by atomic mass is 10.1. The van der Waals surface area contributed by atoms with E-state index in [1.807, 2.05) is 0 Å². The fourth-order valence-corrected chi connectivity index (χ4v) is 3.06. The predicted octanol–water partition coefficient (Wildman–Crippen LogP) is 4.35. The van der Waals surface area contributed by atoms with Crippen molar-refractivity contribution < 1.29 is 0 Å². The molecule has 0 heterocycles. The average molecular weight is 339 g/mol. The Morgan fingerprint density at radius 1 is 1.30 bits per heavy atom. The van der Waals surface area contributed by atoms with Crippen molar-refractivity contribution in [3.05, 3.63) is 28.2 Å². The van der Waals surface area contributed by atoms with E-state index in [0.29, 0.717) is 0 Å². The Morgan fingerprint density at radius 3 is 2.50 bits per heavy atom. The van der Waals surface area contributed by atoms with Gasteiger partial charge in [0.2, 0.25) is 0 Å².